The molecule has 0 fully saturated rings. The molecule has 0 unspecified atom stereocenters. The van der Waals surface area contributed by atoms with Gasteiger partial charge in [0.25, 0.3) is 0 Å². The molecule has 0 saturated carbocycles. The number of nitrogens with zero attached hydrogens (tertiary/aromatic N) is 1. The number of fused-ring (bicyclic) bond motifs is 13. The van der Waals surface area contributed by atoms with Crippen LogP contribution in [0.25, 0.3) is 44.2 Å². The summed E-state index contributed by atoms with van der Waals surface area (Å²) < 4.78 is 0. The molecule has 1 spiro atoms. The minimum atomic E-state index is -0.419. The van der Waals surface area contributed by atoms with Gasteiger partial charge in [-0.25, -0.2) is 0 Å². The molecule has 1 aliphatic heterocycles. The zero-order chi connectivity index (χ0) is 23.4. The van der Waals surface area contributed by atoms with Crippen molar-refractivity contribution in [3.63, 3.8) is 0 Å². The SMILES string of the molecule is c1ccc2c(c1)Sc1cccc3c4c(cc-2c13)-c1cccnc1C41c2ccccc2-c2ccccc21. The molecular formula is C34H19NS. The lowest BCUT2D eigenvalue weighted by molar-refractivity contribution is 0.767. The molecule has 166 valence electrons. The lowest BCUT2D eigenvalue weighted by Gasteiger charge is -2.31. The van der Waals surface area contributed by atoms with Gasteiger partial charge < -0.3 is 0 Å². The van der Waals surface area contributed by atoms with Crippen molar-refractivity contribution >= 4 is 22.5 Å². The topological polar surface area (TPSA) is 12.9 Å². The summed E-state index contributed by atoms with van der Waals surface area (Å²) in [6.07, 6.45) is 1.97. The summed E-state index contributed by atoms with van der Waals surface area (Å²) in [5, 5.41) is 2.71. The molecule has 0 saturated heterocycles. The molecule has 0 radical (unpaired) electrons. The van der Waals surface area contributed by atoms with Crippen LogP contribution >= 0.6 is 11.8 Å². The van der Waals surface area contributed by atoms with Crippen LogP contribution in [0.4, 0.5) is 0 Å². The molecule has 0 atom stereocenters. The summed E-state index contributed by atoms with van der Waals surface area (Å²) in [5.74, 6) is 0. The first kappa shape index (κ1) is 19.1. The Balaban J connectivity index is 1.54. The fraction of sp³-hybridized carbons (Fsp3) is 0.0294. The van der Waals surface area contributed by atoms with E-state index in [1.807, 2.05) is 18.0 Å². The second-order valence-corrected chi connectivity index (χ2v) is 10.9. The standard InChI is InChI=1S/C34H19NS/c1-4-14-27-20(9-1)21-10-2-5-15-28(21)34(27)32-24-12-7-17-30-31(24)25(22-11-3-6-16-29(22)36-30)19-26(32)23-13-8-18-35-33(23)34/h1-19H. The van der Waals surface area contributed by atoms with Gasteiger partial charge in [0.2, 0.25) is 0 Å². The van der Waals surface area contributed by atoms with Crippen LogP contribution in [0.15, 0.2) is 125 Å². The Kier molecular flexibility index (Phi) is 3.47. The molecule has 1 aromatic heterocycles. The van der Waals surface area contributed by atoms with Crippen molar-refractivity contribution in [3.05, 3.63) is 138 Å². The molecular weight excluding hydrogens is 454 g/mol. The third kappa shape index (κ3) is 2.06. The highest BCUT2D eigenvalue weighted by Gasteiger charge is 2.53. The summed E-state index contributed by atoms with van der Waals surface area (Å²) in [4.78, 5) is 7.81. The van der Waals surface area contributed by atoms with E-state index in [2.05, 4.69) is 109 Å². The first-order valence-electron chi connectivity index (χ1n) is 12.4. The van der Waals surface area contributed by atoms with Crippen LogP contribution in [0.1, 0.15) is 22.4 Å². The average Bonchev–Trinajstić information content (AvgIpc) is 3.41. The first-order valence-corrected chi connectivity index (χ1v) is 13.2. The zero-order valence-corrected chi connectivity index (χ0v) is 20.1. The van der Waals surface area contributed by atoms with Gasteiger partial charge in [0.05, 0.1) is 11.1 Å². The van der Waals surface area contributed by atoms with Crippen molar-refractivity contribution in [3.8, 4) is 33.4 Å². The predicted molar refractivity (Wildman–Crippen MR) is 148 cm³/mol. The van der Waals surface area contributed by atoms with Gasteiger partial charge in [-0.15, -0.1) is 0 Å². The van der Waals surface area contributed by atoms with E-state index in [1.165, 1.54) is 70.6 Å². The Hall–Kier alpha value is -4.14. The largest absolute Gasteiger partial charge is 0.259 e. The minimum absolute atomic E-state index is 0.419. The number of pyridine rings is 1. The maximum atomic E-state index is 5.15. The lowest BCUT2D eigenvalue weighted by atomic mass is 9.70. The predicted octanol–water partition coefficient (Wildman–Crippen LogP) is 8.71. The normalized spacial score (nSPS) is 14.8. The molecule has 3 aliphatic rings. The van der Waals surface area contributed by atoms with Gasteiger partial charge >= 0.3 is 0 Å². The van der Waals surface area contributed by atoms with E-state index < -0.39 is 5.41 Å². The second kappa shape index (κ2) is 6.54. The summed E-state index contributed by atoms with van der Waals surface area (Å²) in [7, 11) is 0. The number of hydrogen-bond donors (Lipinski definition) is 0. The molecule has 1 nitrogen and oxygen atoms in total. The molecule has 2 aliphatic carbocycles. The Morgan fingerprint density at radius 3 is 2.00 bits per heavy atom. The summed E-state index contributed by atoms with van der Waals surface area (Å²) in [5.41, 5.74) is 12.7. The Morgan fingerprint density at radius 1 is 0.528 bits per heavy atom. The van der Waals surface area contributed by atoms with Crippen LogP contribution in [-0.2, 0) is 5.41 Å². The van der Waals surface area contributed by atoms with Crippen LogP contribution < -0.4 is 0 Å². The molecule has 0 bridgehead atoms. The fourth-order valence-electron chi connectivity index (χ4n) is 7.06. The highest BCUT2D eigenvalue weighted by Crippen LogP contribution is 2.65. The molecule has 2 heteroatoms. The van der Waals surface area contributed by atoms with Gasteiger partial charge in [-0.3, -0.25) is 4.98 Å². The Labute approximate surface area is 213 Å². The monoisotopic (exact) mass is 473 g/mol. The van der Waals surface area contributed by atoms with Crippen molar-refractivity contribution in [1.29, 1.82) is 0 Å². The van der Waals surface area contributed by atoms with E-state index >= 15 is 0 Å². The van der Waals surface area contributed by atoms with E-state index in [0.29, 0.717) is 0 Å². The first-order chi connectivity index (χ1) is 17.9. The molecule has 5 aromatic carbocycles. The maximum Gasteiger partial charge on any atom is 0.0904 e. The van der Waals surface area contributed by atoms with Crippen molar-refractivity contribution < 1.29 is 0 Å². The van der Waals surface area contributed by atoms with E-state index in [1.54, 1.807) is 0 Å². The lowest BCUT2D eigenvalue weighted by Crippen LogP contribution is -2.27. The van der Waals surface area contributed by atoms with E-state index in [0.717, 1.165) is 5.69 Å². The zero-order valence-electron chi connectivity index (χ0n) is 19.3. The second-order valence-electron chi connectivity index (χ2n) is 9.86. The molecule has 9 rings (SSSR count). The van der Waals surface area contributed by atoms with Crippen LogP contribution in [0.3, 0.4) is 0 Å². The number of aromatic nitrogens is 1. The molecule has 0 amide bonds. The minimum Gasteiger partial charge on any atom is -0.259 e. The molecule has 36 heavy (non-hydrogen) atoms. The third-order valence-corrected chi connectivity index (χ3v) is 9.44. The Bertz CT molecular complexity index is 1890. The van der Waals surface area contributed by atoms with Crippen molar-refractivity contribution in [2.24, 2.45) is 0 Å². The molecule has 0 N–H and O–H groups in total. The smallest absolute Gasteiger partial charge is 0.0904 e. The third-order valence-electron chi connectivity index (χ3n) is 8.30. The number of benzene rings is 5. The van der Waals surface area contributed by atoms with Crippen LogP contribution in [0.2, 0.25) is 0 Å². The van der Waals surface area contributed by atoms with Gasteiger partial charge in [-0.2, -0.15) is 0 Å². The number of rotatable bonds is 0. The maximum absolute atomic E-state index is 5.15. The van der Waals surface area contributed by atoms with E-state index in [-0.39, 0.29) is 0 Å². The quantitative estimate of drug-likeness (QED) is 0.218. The van der Waals surface area contributed by atoms with Crippen LogP contribution in [-0.4, -0.2) is 4.98 Å². The van der Waals surface area contributed by atoms with Crippen molar-refractivity contribution in [2.45, 2.75) is 15.2 Å². The van der Waals surface area contributed by atoms with Crippen molar-refractivity contribution in [2.75, 3.05) is 0 Å². The number of hydrogen-bond acceptors (Lipinski definition) is 2. The summed E-state index contributed by atoms with van der Waals surface area (Å²) in [6, 6.07) is 40.4. The highest BCUT2D eigenvalue weighted by atomic mass is 32.2. The molecule has 2 heterocycles. The van der Waals surface area contributed by atoms with Crippen molar-refractivity contribution in [1.82, 2.24) is 4.98 Å². The molecule has 6 aromatic rings. The summed E-state index contributed by atoms with van der Waals surface area (Å²) >= 11 is 1.89. The van der Waals surface area contributed by atoms with Gasteiger partial charge in [0.15, 0.2) is 0 Å². The van der Waals surface area contributed by atoms with Gasteiger partial charge in [0, 0.05) is 26.9 Å². The average molecular weight is 474 g/mol. The Morgan fingerprint density at radius 2 is 1.19 bits per heavy atom. The van der Waals surface area contributed by atoms with E-state index in [9.17, 15) is 0 Å². The fourth-order valence-corrected chi connectivity index (χ4v) is 8.20. The van der Waals surface area contributed by atoms with Crippen LogP contribution in [0, 0.1) is 0 Å². The van der Waals surface area contributed by atoms with Crippen LogP contribution in [0.5, 0.6) is 0 Å². The highest BCUT2D eigenvalue weighted by molar-refractivity contribution is 7.99. The van der Waals surface area contributed by atoms with Gasteiger partial charge in [-0.1, -0.05) is 96.7 Å². The van der Waals surface area contributed by atoms with Gasteiger partial charge in [-0.05, 0) is 74.2 Å². The van der Waals surface area contributed by atoms with Gasteiger partial charge in [0.1, 0.15) is 0 Å². The summed E-state index contributed by atoms with van der Waals surface area (Å²) in [6.45, 7) is 0. The van der Waals surface area contributed by atoms with E-state index in [4.69, 9.17) is 4.98 Å².